The van der Waals surface area contributed by atoms with Crippen LogP contribution in [0.5, 0.6) is 23.0 Å². The SMILES string of the molecule is C=CC(=O)OCC(C)OC(=O)C1CCC(C(=O)Oc2ccc(OC(=O)C3CCC(C(=O)Oc4ccc(OC(=O)C5CCC(C(=O)OC(C)COC(C)=O)CC5)c(C(=O)OC)c4)CC3)cc2C(=O)OC)CC1. The summed E-state index contributed by atoms with van der Waals surface area (Å²) in [5.74, 6) is -9.62. The van der Waals surface area contributed by atoms with Gasteiger partial charge in [0.25, 0.3) is 0 Å². The average Bonchev–Trinajstić information content (AvgIpc) is 3.37. The minimum absolute atomic E-state index is 0.00292. The molecule has 20 heteroatoms. The summed E-state index contributed by atoms with van der Waals surface area (Å²) >= 11 is 0. The lowest BCUT2D eigenvalue weighted by Gasteiger charge is -2.27. The highest BCUT2D eigenvalue weighted by Gasteiger charge is 2.36. The standard InChI is InChI=1S/C51H60O20/c1-7-43(53)65-27-29(3)67-45(55)32-10-18-36(19-11-32)49(59)71-42-23-21-38(25-40(42)51(61)63-6)69-47(57)34-14-12-33(13-15-34)46(56)68-37-20-22-41(39(24-37)50(60)62-5)70-48(58)35-16-8-31(9-17-35)44(54)66-28(2)26-64-30(4)52/h7,20-25,28-29,31-36H,1,8-19,26-27H2,2-6H3. The first kappa shape index (κ1) is 54.8. The summed E-state index contributed by atoms with van der Waals surface area (Å²) in [4.78, 5) is 126. The quantitative estimate of drug-likeness (QED) is 0.0660. The summed E-state index contributed by atoms with van der Waals surface area (Å²) < 4.78 is 52.8. The summed E-state index contributed by atoms with van der Waals surface area (Å²) in [5.41, 5.74) is -0.316. The molecule has 2 aromatic rings. The number of rotatable bonds is 19. The molecule has 3 aliphatic rings. The fourth-order valence-electron chi connectivity index (χ4n) is 8.49. The molecule has 0 amide bonds. The molecule has 0 aromatic heterocycles. The Hall–Kier alpha value is -7.12. The molecule has 71 heavy (non-hydrogen) atoms. The van der Waals surface area contributed by atoms with Crippen molar-refractivity contribution in [3.8, 4) is 23.0 Å². The van der Waals surface area contributed by atoms with Crippen molar-refractivity contribution in [2.45, 2.75) is 110 Å². The lowest BCUT2D eigenvalue weighted by atomic mass is 9.82. The van der Waals surface area contributed by atoms with Crippen molar-refractivity contribution in [2.75, 3.05) is 27.4 Å². The number of hydrogen-bond donors (Lipinski definition) is 0. The van der Waals surface area contributed by atoms with E-state index in [4.69, 9.17) is 47.4 Å². The smallest absolute Gasteiger partial charge is 0.341 e. The molecule has 2 unspecified atom stereocenters. The molecule has 3 aliphatic carbocycles. The van der Waals surface area contributed by atoms with E-state index in [2.05, 4.69) is 6.58 Å². The van der Waals surface area contributed by atoms with E-state index in [-0.39, 0.29) is 73.0 Å². The molecule has 0 aliphatic heterocycles. The van der Waals surface area contributed by atoms with E-state index in [0.29, 0.717) is 51.4 Å². The van der Waals surface area contributed by atoms with Gasteiger partial charge in [0.1, 0.15) is 59.5 Å². The number of carbonyl (C=O) groups excluding carboxylic acids is 10. The highest BCUT2D eigenvalue weighted by atomic mass is 16.6. The monoisotopic (exact) mass is 992 g/mol. The fourth-order valence-corrected chi connectivity index (χ4v) is 8.49. The van der Waals surface area contributed by atoms with Crippen LogP contribution in [0.1, 0.15) is 119 Å². The Labute approximate surface area is 410 Å². The molecule has 0 spiro atoms. The Kier molecular flexibility index (Phi) is 20.2. The van der Waals surface area contributed by atoms with E-state index >= 15 is 0 Å². The Morgan fingerprint density at radius 3 is 1.11 bits per heavy atom. The van der Waals surface area contributed by atoms with E-state index in [9.17, 15) is 47.9 Å². The van der Waals surface area contributed by atoms with Crippen LogP contribution in [0.15, 0.2) is 49.1 Å². The molecule has 0 heterocycles. The zero-order valence-corrected chi connectivity index (χ0v) is 40.4. The maximum atomic E-state index is 13.3. The van der Waals surface area contributed by atoms with Crippen molar-refractivity contribution >= 4 is 59.7 Å². The summed E-state index contributed by atoms with van der Waals surface area (Å²) in [5, 5.41) is 0. The molecule has 0 N–H and O–H groups in total. The highest BCUT2D eigenvalue weighted by Crippen LogP contribution is 2.36. The highest BCUT2D eigenvalue weighted by molar-refractivity contribution is 5.95. The van der Waals surface area contributed by atoms with Gasteiger partial charge < -0.3 is 47.4 Å². The van der Waals surface area contributed by atoms with Crippen molar-refractivity contribution in [1.82, 2.24) is 0 Å². The van der Waals surface area contributed by atoms with Crippen LogP contribution < -0.4 is 18.9 Å². The predicted molar refractivity (Wildman–Crippen MR) is 243 cm³/mol. The molecule has 20 nitrogen and oxygen atoms in total. The Balaban J connectivity index is 1.08. The summed E-state index contributed by atoms with van der Waals surface area (Å²) in [6, 6.07) is 7.85. The second-order valence-corrected chi connectivity index (χ2v) is 17.8. The molecular formula is C51H60O20. The largest absolute Gasteiger partial charge is 0.465 e. The molecule has 0 bridgehead atoms. The van der Waals surface area contributed by atoms with Gasteiger partial charge in [-0.05, 0) is 127 Å². The number of ether oxygens (including phenoxy) is 10. The molecule has 0 radical (unpaired) electrons. The molecule has 0 saturated heterocycles. The first-order valence-electron chi connectivity index (χ1n) is 23.5. The van der Waals surface area contributed by atoms with Gasteiger partial charge in [0.05, 0.1) is 49.7 Å². The molecule has 5 rings (SSSR count). The first-order chi connectivity index (χ1) is 33.9. The molecule has 384 valence electrons. The van der Waals surface area contributed by atoms with Gasteiger partial charge in [-0.15, -0.1) is 0 Å². The van der Waals surface area contributed by atoms with E-state index in [1.165, 1.54) is 43.3 Å². The first-order valence-corrected chi connectivity index (χ1v) is 23.5. The third-order valence-electron chi connectivity index (χ3n) is 12.5. The van der Waals surface area contributed by atoms with Crippen LogP contribution >= 0.6 is 0 Å². The van der Waals surface area contributed by atoms with E-state index in [1.54, 1.807) is 13.8 Å². The Bertz CT molecular complexity index is 2310. The van der Waals surface area contributed by atoms with Crippen LogP contribution in [0, 0.1) is 35.5 Å². The van der Waals surface area contributed by atoms with Crippen molar-refractivity contribution in [1.29, 1.82) is 0 Å². The van der Waals surface area contributed by atoms with Crippen molar-refractivity contribution in [3.05, 3.63) is 60.2 Å². The molecule has 2 aromatic carbocycles. The second kappa shape index (κ2) is 26.2. The van der Waals surface area contributed by atoms with E-state index in [0.717, 1.165) is 20.3 Å². The summed E-state index contributed by atoms with van der Waals surface area (Å²) in [6.07, 6.45) is 3.51. The number of esters is 10. The van der Waals surface area contributed by atoms with Gasteiger partial charge in [-0.2, -0.15) is 0 Å². The minimum atomic E-state index is -0.847. The molecule has 3 fully saturated rings. The van der Waals surface area contributed by atoms with Gasteiger partial charge >= 0.3 is 59.7 Å². The fraction of sp³-hybridized carbons (Fsp3) is 0.529. The third kappa shape index (κ3) is 15.9. The maximum Gasteiger partial charge on any atom is 0.341 e. The van der Waals surface area contributed by atoms with Gasteiger partial charge in [-0.3, -0.25) is 33.6 Å². The van der Waals surface area contributed by atoms with Gasteiger partial charge in [-0.25, -0.2) is 14.4 Å². The van der Waals surface area contributed by atoms with Crippen LogP contribution in [-0.2, 0) is 66.8 Å². The van der Waals surface area contributed by atoms with Gasteiger partial charge in [0, 0.05) is 13.0 Å². The van der Waals surface area contributed by atoms with Crippen LogP contribution in [0.4, 0.5) is 0 Å². The minimum Gasteiger partial charge on any atom is -0.465 e. The Morgan fingerprint density at radius 1 is 0.493 bits per heavy atom. The zero-order valence-electron chi connectivity index (χ0n) is 40.4. The second-order valence-electron chi connectivity index (χ2n) is 17.8. The predicted octanol–water partition coefficient (Wildman–Crippen LogP) is 6.16. The normalized spacial score (nSPS) is 21.5. The lowest BCUT2D eigenvalue weighted by Crippen LogP contribution is -2.32. The molecule has 2 atom stereocenters. The van der Waals surface area contributed by atoms with E-state index in [1.807, 2.05) is 0 Å². The van der Waals surface area contributed by atoms with Crippen molar-refractivity contribution < 1.29 is 95.3 Å². The van der Waals surface area contributed by atoms with Gasteiger partial charge in [-0.1, -0.05) is 6.58 Å². The molecular weight excluding hydrogens is 933 g/mol. The zero-order chi connectivity index (χ0) is 51.8. The molecule has 3 saturated carbocycles. The van der Waals surface area contributed by atoms with Crippen LogP contribution in [-0.4, -0.2) is 99.3 Å². The number of carbonyl (C=O) groups is 10. The Morgan fingerprint density at radius 2 is 0.803 bits per heavy atom. The van der Waals surface area contributed by atoms with E-state index < -0.39 is 107 Å². The number of benzene rings is 2. The van der Waals surface area contributed by atoms with Crippen molar-refractivity contribution in [3.63, 3.8) is 0 Å². The van der Waals surface area contributed by atoms with Crippen molar-refractivity contribution in [2.24, 2.45) is 35.5 Å². The average molecular weight is 993 g/mol. The lowest BCUT2D eigenvalue weighted by molar-refractivity contribution is -0.162. The van der Waals surface area contributed by atoms with Gasteiger partial charge in [0.2, 0.25) is 0 Å². The van der Waals surface area contributed by atoms with Crippen LogP contribution in [0.3, 0.4) is 0 Å². The third-order valence-corrected chi connectivity index (χ3v) is 12.5. The van der Waals surface area contributed by atoms with Gasteiger partial charge in [0.15, 0.2) is 0 Å². The summed E-state index contributed by atoms with van der Waals surface area (Å²) in [7, 11) is 2.29. The number of hydrogen-bond acceptors (Lipinski definition) is 20. The topological polar surface area (TPSA) is 263 Å². The summed E-state index contributed by atoms with van der Waals surface area (Å²) in [6.45, 7) is 7.59. The van der Waals surface area contributed by atoms with Crippen LogP contribution in [0.2, 0.25) is 0 Å². The van der Waals surface area contributed by atoms with Crippen LogP contribution in [0.25, 0.3) is 0 Å². The number of methoxy groups -OCH3 is 2. The maximum absolute atomic E-state index is 13.3.